The number of para-hydroxylation sites is 1. The summed E-state index contributed by atoms with van der Waals surface area (Å²) in [6.07, 6.45) is 0. The minimum absolute atomic E-state index is 0.105. The van der Waals surface area contributed by atoms with Crippen LogP contribution in [0.5, 0.6) is 0 Å². The fourth-order valence-corrected chi connectivity index (χ4v) is 4.26. The molecular formula is C15H21N3O3S. The maximum absolute atomic E-state index is 12.6. The van der Waals surface area contributed by atoms with Crippen molar-refractivity contribution in [3.05, 3.63) is 30.0 Å². The number of nitrogens with zero attached hydrogens (tertiary/aromatic N) is 3. The smallest absolute Gasteiger partial charge is 0.220 e. The zero-order chi connectivity index (χ0) is 15.7. The molecule has 0 aliphatic carbocycles. The third-order valence-electron chi connectivity index (χ3n) is 4.17. The van der Waals surface area contributed by atoms with Gasteiger partial charge in [-0.3, -0.25) is 4.90 Å². The van der Waals surface area contributed by atoms with Crippen molar-refractivity contribution in [1.29, 1.82) is 0 Å². The summed E-state index contributed by atoms with van der Waals surface area (Å²) in [5.74, 6) is -0.105. The van der Waals surface area contributed by atoms with Gasteiger partial charge >= 0.3 is 0 Å². The molecule has 3 rings (SSSR count). The zero-order valence-corrected chi connectivity index (χ0v) is 13.7. The summed E-state index contributed by atoms with van der Waals surface area (Å²) in [6, 6.07) is 7.78. The number of hydrogen-bond acceptors (Lipinski definition) is 5. The number of hydrogen-bond donors (Lipinski definition) is 0. The standard InChI is InChI=1S/C15H21N3O3S/c1-12(2)17-7-9-18(10-8-17)22(19,20)11-14-13-5-3-4-6-15(13)21-16-14/h3-6,12H,7-11H2,1-2H3. The number of piperazine rings is 1. The van der Waals surface area contributed by atoms with Gasteiger partial charge in [-0.05, 0) is 26.0 Å². The van der Waals surface area contributed by atoms with E-state index >= 15 is 0 Å². The Morgan fingerprint density at radius 2 is 1.86 bits per heavy atom. The zero-order valence-electron chi connectivity index (χ0n) is 12.9. The van der Waals surface area contributed by atoms with Crippen molar-refractivity contribution in [2.45, 2.75) is 25.6 Å². The second-order valence-corrected chi connectivity index (χ2v) is 7.88. The van der Waals surface area contributed by atoms with Gasteiger partial charge in [0, 0.05) is 37.6 Å². The van der Waals surface area contributed by atoms with Crippen LogP contribution in [0.3, 0.4) is 0 Å². The summed E-state index contributed by atoms with van der Waals surface area (Å²) in [5.41, 5.74) is 1.11. The van der Waals surface area contributed by atoms with E-state index in [1.54, 1.807) is 10.4 Å². The maximum Gasteiger partial charge on any atom is 0.220 e. The quantitative estimate of drug-likeness (QED) is 0.856. The summed E-state index contributed by atoms with van der Waals surface area (Å²) in [7, 11) is -3.36. The third-order valence-corrected chi connectivity index (χ3v) is 5.96. The first kappa shape index (κ1) is 15.5. The fraction of sp³-hybridized carbons (Fsp3) is 0.533. The number of rotatable bonds is 4. The topological polar surface area (TPSA) is 66.7 Å². The van der Waals surface area contributed by atoms with Gasteiger partial charge in [0.1, 0.15) is 11.4 Å². The molecule has 2 aromatic rings. The Labute approximate surface area is 130 Å². The SMILES string of the molecule is CC(C)N1CCN(S(=O)(=O)Cc2noc3ccccc23)CC1. The molecule has 0 atom stereocenters. The van der Waals surface area contributed by atoms with Crippen LogP contribution in [0, 0.1) is 0 Å². The van der Waals surface area contributed by atoms with Gasteiger partial charge in [0.2, 0.25) is 10.0 Å². The second kappa shape index (κ2) is 5.98. The Bertz CT molecular complexity index is 746. The summed E-state index contributed by atoms with van der Waals surface area (Å²) < 4.78 is 32.0. The van der Waals surface area contributed by atoms with Gasteiger partial charge in [-0.1, -0.05) is 17.3 Å². The van der Waals surface area contributed by atoms with Crippen LogP contribution < -0.4 is 0 Å². The second-order valence-electron chi connectivity index (χ2n) is 5.91. The number of fused-ring (bicyclic) bond motifs is 1. The summed E-state index contributed by atoms with van der Waals surface area (Å²) in [4.78, 5) is 2.29. The lowest BCUT2D eigenvalue weighted by Crippen LogP contribution is -2.50. The van der Waals surface area contributed by atoms with E-state index in [9.17, 15) is 8.42 Å². The minimum atomic E-state index is -3.36. The average Bonchev–Trinajstić information content (AvgIpc) is 2.90. The first-order valence-corrected chi connectivity index (χ1v) is 9.13. The Kier molecular flexibility index (Phi) is 4.20. The van der Waals surface area contributed by atoms with Gasteiger partial charge in [-0.15, -0.1) is 0 Å². The van der Waals surface area contributed by atoms with Crippen LogP contribution in [-0.2, 0) is 15.8 Å². The molecule has 0 unspecified atom stereocenters. The van der Waals surface area contributed by atoms with Gasteiger partial charge < -0.3 is 4.52 Å². The molecule has 1 saturated heterocycles. The van der Waals surface area contributed by atoms with Crippen LogP contribution in [0.15, 0.2) is 28.8 Å². The molecule has 1 fully saturated rings. The van der Waals surface area contributed by atoms with Crippen molar-refractivity contribution in [3.8, 4) is 0 Å². The lowest BCUT2D eigenvalue weighted by atomic mass is 10.2. The van der Waals surface area contributed by atoms with Crippen LogP contribution >= 0.6 is 0 Å². The van der Waals surface area contributed by atoms with Gasteiger partial charge in [-0.25, -0.2) is 8.42 Å². The molecule has 0 saturated carbocycles. The van der Waals surface area contributed by atoms with Gasteiger partial charge in [0.05, 0.1) is 0 Å². The van der Waals surface area contributed by atoms with Crippen LogP contribution in [-0.4, -0.2) is 55.0 Å². The number of aromatic nitrogens is 1. The molecule has 0 radical (unpaired) electrons. The largest absolute Gasteiger partial charge is 0.356 e. The normalized spacial score (nSPS) is 18.3. The van der Waals surface area contributed by atoms with E-state index in [1.165, 1.54) is 0 Å². The highest BCUT2D eigenvalue weighted by atomic mass is 32.2. The van der Waals surface area contributed by atoms with E-state index in [4.69, 9.17) is 4.52 Å². The van der Waals surface area contributed by atoms with Gasteiger partial charge in [-0.2, -0.15) is 4.31 Å². The first-order valence-electron chi connectivity index (χ1n) is 7.52. The van der Waals surface area contributed by atoms with Crippen molar-refractivity contribution in [3.63, 3.8) is 0 Å². The highest BCUT2D eigenvalue weighted by Crippen LogP contribution is 2.21. The van der Waals surface area contributed by atoms with E-state index in [0.717, 1.165) is 18.5 Å². The summed E-state index contributed by atoms with van der Waals surface area (Å²) in [5, 5.41) is 4.70. The highest BCUT2D eigenvalue weighted by Gasteiger charge is 2.29. The van der Waals surface area contributed by atoms with E-state index < -0.39 is 10.0 Å². The molecule has 22 heavy (non-hydrogen) atoms. The van der Waals surface area contributed by atoms with Crippen LogP contribution in [0.25, 0.3) is 11.0 Å². The van der Waals surface area contributed by atoms with E-state index in [2.05, 4.69) is 23.9 Å². The molecule has 0 spiro atoms. The predicted octanol–water partition coefficient (Wildman–Crippen LogP) is 1.68. The molecule has 0 N–H and O–H groups in total. The van der Waals surface area contributed by atoms with Crippen molar-refractivity contribution in [2.75, 3.05) is 26.2 Å². The lowest BCUT2D eigenvalue weighted by Gasteiger charge is -2.36. The first-order chi connectivity index (χ1) is 10.5. The molecule has 6 nitrogen and oxygen atoms in total. The van der Waals surface area contributed by atoms with Gasteiger partial charge in [0.15, 0.2) is 5.58 Å². The van der Waals surface area contributed by atoms with Crippen molar-refractivity contribution in [2.24, 2.45) is 0 Å². The van der Waals surface area contributed by atoms with Crippen molar-refractivity contribution in [1.82, 2.24) is 14.4 Å². The molecule has 1 aliphatic rings. The van der Waals surface area contributed by atoms with Crippen LogP contribution in [0.1, 0.15) is 19.5 Å². The van der Waals surface area contributed by atoms with Crippen molar-refractivity contribution >= 4 is 21.0 Å². The van der Waals surface area contributed by atoms with E-state index in [1.807, 2.05) is 18.2 Å². The predicted molar refractivity (Wildman–Crippen MR) is 84.9 cm³/mol. The van der Waals surface area contributed by atoms with Crippen LogP contribution in [0.2, 0.25) is 0 Å². The van der Waals surface area contributed by atoms with Crippen molar-refractivity contribution < 1.29 is 12.9 Å². The molecule has 1 aromatic heterocycles. The lowest BCUT2D eigenvalue weighted by molar-refractivity contribution is 0.154. The Morgan fingerprint density at radius 3 is 2.55 bits per heavy atom. The minimum Gasteiger partial charge on any atom is -0.356 e. The molecule has 0 amide bonds. The molecule has 120 valence electrons. The Morgan fingerprint density at radius 1 is 1.18 bits per heavy atom. The maximum atomic E-state index is 12.6. The summed E-state index contributed by atoms with van der Waals surface area (Å²) in [6.45, 7) is 6.89. The fourth-order valence-electron chi connectivity index (χ4n) is 2.80. The molecule has 1 aromatic carbocycles. The van der Waals surface area contributed by atoms with Crippen LogP contribution in [0.4, 0.5) is 0 Å². The molecular weight excluding hydrogens is 302 g/mol. The monoisotopic (exact) mass is 323 g/mol. The number of sulfonamides is 1. The highest BCUT2D eigenvalue weighted by molar-refractivity contribution is 7.88. The number of benzene rings is 1. The van der Waals surface area contributed by atoms with E-state index in [-0.39, 0.29) is 5.75 Å². The Hall–Kier alpha value is -1.44. The molecule has 0 bridgehead atoms. The average molecular weight is 323 g/mol. The molecule has 2 heterocycles. The molecule has 1 aliphatic heterocycles. The van der Waals surface area contributed by atoms with E-state index in [0.29, 0.717) is 30.4 Å². The summed E-state index contributed by atoms with van der Waals surface area (Å²) >= 11 is 0. The Balaban J connectivity index is 1.74. The third kappa shape index (κ3) is 3.02. The van der Waals surface area contributed by atoms with Gasteiger partial charge in [0.25, 0.3) is 0 Å². The molecule has 7 heteroatoms.